The van der Waals surface area contributed by atoms with Crippen LogP contribution in [0.3, 0.4) is 0 Å². The zero-order chi connectivity index (χ0) is 20.8. The van der Waals surface area contributed by atoms with Crippen LogP contribution in [0.25, 0.3) is 0 Å². The van der Waals surface area contributed by atoms with Crippen molar-refractivity contribution >= 4 is 28.9 Å². The summed E-state index contributed by atoms with van der Waals surface area (Å²) in [6, 6.07) is 14.6. The quantitative estimate of drug-likeness (QED) is 0.596. The number of para-hydroxylation sites is 2. The van der Waals surface area contributed by atoms with E-state index in [1.807, 2.05) is 19.1 Å². The topological polar surface area (TPSA) is 80.3 Å². The van der Waals surface area contributed by atoms with Gasteiger partial charge in [-0.05, 0) is 42.7 Å². The molecule has 1 amide bonds. The van der Waals surface area contributed by atoms with Crippen LogP contribution in [0.2, 0.25) is 0 Å². The fraction of sp³-hybridized carbons (Fsp3) is 0.174. The molecular weight excluding hydrogens is 366 g/mol. The molecule has 0 spiro atoms. The molecule has 1 heterocycles. The number of nitrogens with zero attached hydrogens (tertiary/aromatic N) is 1. The van der Waals surface area contributed by atoms with E-state index in [9.17, 15) is 9.59 Å². The van der Waals surface area contributed by atoms with Crippen LogP contribution in [0.1, 0.15) is 38.8 Å². The Bertz CT molecular complexity index is 1050. The molecule has 0 aliphatic heterocycles. The molecule has 6 nitrogen and oxygen atoms in total. The van der Waals surface area contributed by atoms with Gasteiger partial charge in [0.1, 0.15) is 0 Å². The van der Waals surface area contributed by atoms with Gasteiger partial charge >= 0.3 is 5.97 Å². The Balaban J connectivity index is 1.84. The van der Waals surface area contributed by atoms with E-state index < -0.39 is 5.97 Å². The molecule has 6 heteroatoms. The lowest BCUT2D eigenvalue weighted by molar-refractivity contribution is 0.0602. The van der Waals surface area contributed by atoms with E-state index in [0.717, 1.165) is 17.7 Å². The number of pyridine rings is 1. The Morgan fingerprint density at radius 3 is 2.62 bits per heavy atom. The van der Waals surface area contributed by atoms with Crippen molar-refractivity contribution in [2.75, 3.05) is 17.7 Å². The summed E-state index contributed by atoms with van der Waals surface area (Å²) in [6.07, 6.45) is 4.05. The predicted octanol–water partition coefficient (Wildman–Crippen LogP) is 4.73. The van der Waals surface area contributed by atoms with Gasteiger partial charge in [-0.2, -0.15) is 0 Å². The number of methoxy groups -OCH3 is 1. The van der Waals surface area contributed by atoms with E-state index in [-0.39, 0.29) is 11.5 Å². The maximum atomic E-state index is 12.7. The zero-order valence-corrected chi connectivity index (χ0v) is 16.7. The summed E-state index contributed by atoms with van der Waals surface area (Å²) in [6.45, 7) is 4.13. The minimum atomic E-state index is -0.513. The molecule has 0 bridgehead atoms. The first-order chi connectivity index (χ1) is 14.0. The number of anilines is 3. The fourth-order valence-electron chi connectivity index (χ4n) is 3.05. The minimum Gasteiger partial charge on any atom is -0.465 e. The molecule has 3 aromatic rings. The Labute approximate surface area is 169 Å². The minimum absolute atomic E-state index is 0.290. The second kappa shape index (κ2) is 9.01. The third kappa shape index (κ3) is 4.60. The smallest absolute Gasteiger partial charge is 0.339 e. The molecule has 29 heavy (non-hydrogen) atoms. The third-order valence-electron chi connectivity index (χ3n) is 4.59. The van der Waals surface area contributed by atoms with Gasteiger partial charge in [0.25, 0.3) is 5.91 Å². The fourth-order valence-corrected chi connectivity index (χ4v) is 3.05. The van der Waals surface area contributed by atoms with Crippen molar-refractivity contribution in [3.05, 3.63) is 83.2 Å². The standard InChI is InChI=1S/C23H23N3O3/c1-4-16-9-7-8-15(2)21(16)25-18-12-17(13-24-14-18)22(27)26-20-11-6-5-10-19(20)23(28)29-3/h5-14,25H,4H2,1-3H3,(H,26,27). The first-order valence-corrected chi connectivity index (χ1v) is 9.32. The third-order valence-corrected chi connectivity index (χ3v) is 4.59. The highest BCUT2D eigenvalue weighted by molar-refractivity contribution is 6.08. The molecule has 2 N–H and O–H groups in total. The Kier molecular flexibility index (Phi) is 6.24. The van der Waals surface area contributed by atoms with Gasteiger partial charge in [-0.3, -0.25) is 9.78 Å². The Morgan fingerprint density at radius 1 is 1.07 bits per heavy atom. The Hall–Kier alpha value is -3.67. The van der Waals surface area contributed by atoms with E-state index in [4.69, 9.17) is 4.74 Å². The molecule has 0 aliphatic carbocycles. The number of aryl methyl sites for hydroxylation is 2. The van der Waals surface area contributed by atoms with E-state index in [0.29, 0.717) is 16.9 Å². The van der Waals surface area contributed by atoms with Crippen molar-refractivity contribution in [2.24, 2.45) is 0 Å². The molecule has 3 rings (SSSR count). The summed E-state index contributed by atoms with van der Waals surface area (Å²) >= 11 is 0. The molecule has 0 fully saturated rings. The largest absolute Gasteiger partial charge is 0.465 e. The summed E-state index contributed by atoms with van der Waals surface area (Å²) in [4.78, 5) is 28.8. The van der Waals surface area contributed by atoms with Crippen molar-refractivity contribution < 1.29 is 14.3 Å². The SMILES string of the molecule is CCc1cccc(C)c1Nc1cncc(C(=O)Nc2ccccc2C(=O)OC)c1. The first kappa shape index (κ1) is 20.1. The van der Waals surface area contributed by atoms with Crippen LogP contribution in [0.5, 0.6) is 0 Å². The number of carbonyl (C=O) groups excluding carboxylic acids is 2. The highest BCUT2D eigenvalue weighted by atomic mass is 16.5. The highest BCUT2D eigenvalue weighted by Gasteiger charge is 2.15. The summed E-state index contributed by atoms with van der Waals surface area (Å²) in [5.74, 6) is -0.876. The Morgan fingerprint density at radius 2 is 1.86 bits per heavy atom. The number of nitrogens with one attached hydrogen (secondary N) is 2. The monoisotopic (exact) mass is 389 g/mol. The van der Waals surface area contributed by atoms with E-state index in [1.165, 1.54) is 18.9 Å². The lowest BCUT2D eigenvalue weighted by atomic mass is 10.1. The van der Waals surface area contributed by atoms with Gasteiger partial charge in [-0.15, -0.1) is 0 Å². The van der Waals surface area contributed by atoms with Crippen LogP contribution in [0.15, 0.2) is 60.9 Å². The van der Waals surface area contributed by atoms with Gasteiger partial charge in [-0.1, -0.05) is 37.3 Å². The van der Waals surface area contributed by atoms with Gasteiger partial charge in [0.05, 0.1) is 35.8 Å². The molecule has 0 radical (unpaired) electrons. The van der Waals surface area contributed by atoms with Crippen LogP contribution >= 0.6 is 0 Å². The summed E-state index contributed by atoms with van der Waals surface area (Å²) in [7, 11) is 1.30. The number of carbonyl (C=O) groups is 2. The number of amides is 1. The summed E-state index contributed by atoms with van der Waals surface area (Å²) in [5, 5.41) is 6.13. The van der Waals surface area contributed by atoms with E-state index >= 15 is 0 Å². The van der Waals surface area contributed by atoms with Crippen molar-refractivity contribution in [3.63, 3.8) is 0 Å². The molecule has 148 valence electrons. The molecule has 0 unspecified atom stereocenters. The van der Waals surface area contributed by atoms with Gasteiger partial charge in [0, 0.05) is 11.9 Å². The number of rotatable bonds is 6. The van der Waals surface area contributed by atoms with Crippen LogP contribution < -0.4 is 10.6 Å². The number of ether oxygens (including phenoxy) is 1. The van der Waals surface area contributed by atoms with Gasteiger partial charge < -0.3 is 15.4 Å². The molecule has 2 aromatic carbocycles. The van der Waals surface area contributed by atoms with Crippen LogP contribution in [0.4, 0.5) is 17.1 Å². The first-order valence-electron chi connectivity index (χ1n) is 9.32. The maximum absolute atomic E-state index is 12.7. The number of aromatic nitrogens is 1. The lowest BCUT2D eigenvalue weighted by Crippen LogP contribution is -2.15. The normalized spacial score (nSPS) is 10.3. The second-order valence-electron chi connectivity index (χ2n) is 6.54. The van der Waals surface area contributed by atoms with Gasteiger partial charge in [-0.25, -0.2) is 4.79 Å². The molecule has 0 aliphatic rings. The van der Waals surface area contributed by atoms with Crippen LogP contribution in [-0.2, 0) is 11.2 Å². The number of hydrogen-bond acceptors (Lipinski definition) is 5. The summed E-state index contributed by atoms with van der Waals surface area (Å²) in [5.41, 5.74) is 5.08. The summed E-state index contributed by atoms with van der Waals surface area (Å²) < 4.78 is 4.77. The molecule has 0 saturated heterocycles. The predicted molar refractivity (Wildman–Crippen MR) is 114 cm³/mol. The molecule has 0 atom stereocenters. The molecular formula is C23H23N3O3. The maximum Gasteiger partial charge on any atom is 0.339 e. The second-order valence-corrected chi connectivity index (χ2v) is 6.54. The molecule has 1 aromatic heterocycles. The van der Waals surface area contributed by atoms with Gasteiger partial charge in [0.2, 0.25) is 0 Å². The average molecular weight is 389 g/mol. The van der Waals surface area contributed by atoms with Crippen molar-refractivity contribution in [1.82, 2.24) is 4.98 Å². The van der Waals surface area contributed by atoms with Crippen molar-refractivity contribution in [2.45, 2.75) is 20.3 Å². The highest BCUT2D eigenvalue weighted by Crippen LogP contribution is 2.26. The molecule has 0 saturated carbocycles. The zero-order valence-electron chi connectivity index (χ0n) is 16.7. The average Bonchev–Trinajstić information content (AvgIpc) is 2.75. The van der Waals surface area contributed by atoms with Crippen molar-refractivity contribution in [1.29, 1.82) is 0 Å². The number of benzene rings is 2. The van der Waals surface area contributed by atoms with Crippen molar-refractivity contribution in [3.8, 4) is 0 Å². The number of hydrogen-bond donors (Lipinski definition) is 2. The van der Waals surface area contributed by atoms with E-state index in [1.54, 1.807) is 36.5 Å². The van der Waals surface area contributed by atoms with Crippen LogP contribution in [-0.4, -0.2) is 24.0 Å². The number of esters is 1. The lowest BCUT2D eigenvalue weighted by Gasteiger charge is -2.14. The van der Waals surface area contributed by atoms with E-state index in [2.05, 4.69) is 28.6 Å². The van der Waals surface area contributed by atoms with Crippen LogP contribution in [0, 0.1) is 6.92 Å². The van der Waals surface area contributed by atoms with Gasteiger partial charge in [0.15, 0.2) is 0 Å².